The number of aryl methyl sites for hydroxylation is 1. The molecule has 0 aliphatic heterocycles. The standard InChI is InChI=1S/C23H12Cl3NO2S/c1-27-19(11-2-4-12(24)5-3-11)10-21-20(27)7-13(30-21)6-16-22(28)14-8-17(25)18(26)9-15(14)23(16)29/h2-10H,1H3. The van der Waals surface area contributed by atoms with E-state index in [1.807, 2.05) is 37.4 Å². The lowest BCUT2D eigenvalue weighted by atomic mass is 10.1. The first-order valence-corrected chi connectivity index (χ1v) is 10.9. The number of halogens is 3. The first-order valence-electron chi connectivity index (χ1n) is 8.99. The third kappa shape index (κ3) is 3.03. The fourth-order valence-corrected chi connectivity index (χ4v) is 5.21. The summed E-state index contributed by atoms with van der Waals surface area (Å²) < 4.78 is 3.15. The molecule has 7 heteroatoms. The highest BCUT2D eigenvalue weighted by Crippen LogP contribution is 2.37. The van der Waals surface area contributed by atoms with Crippen molar-refractivity contribution >= 4 is 74.0 Å². The van der Waals surface area contributed by atoms with Crippen LogP contribution in [0.1, 0.15) is 25.6 Å². The van der Waals surface area contributed by atoms with Crippen molar-refractivity contribution < 1.29 is 9.59 Å². The summed E-state index contributed by atoms with van der Waals surface area (Å²) in [5.41, 5.74) is 3.89. The van der Waals surface area contributed by atoms with Gasteiger partial charge in [0, 0.05) is 33.8 Å². The van der Waals surface area contributed by atoms with Crippen LogP contribution in [0.5, 0.6) is 0 Å². The lowest BCUT2D eigenvalue weighted by molar-refractivity contribution is 0.0990. The van der Waals surface area contributed by atoms with E-state index in [-0.39, 0.29) is 27.2 Å². The molecule has 1 aliphatic carbocycles. The molecule has 0 bridgehead atoms. The highest BCUT2D eigenvalue weighted by Gasteiger charge is 2.34. The zero-order valence-corrected chi connectivity index (χ0v) is 18.6. The molecule has 0 atom stereocenters. The van der Waals surface area contributed by atoms with Crippen molar-refractivity contribution in [3.8, 4) is 11.3 Å². The normalized spacial score (nSPS) is 13.4. The highest BCUT2D eigenvalue weighted by molar-refractivity contribution is 7.19. The molecule has 0 unspecified atom stereocenters. The van der Waals surface area contributed by atoms with Gasteiger partial charge >= 0.3 is 0 Å². The second kappa shape index (κ2) is 7.10. The minimum atomic E-state index is -0.326. The number of allylic oxidation sites excluding steroid dienone is 1. The molecule has 0 amide bonds. The van der Waals surface area contributed by atoms with Gasteiger partial charge in [0.05, 0.1) is 25.8 Å². The number of rotatable bonds is 2. The molecule has 4 aromatic rings. The summed E-state index contributed by atoms with van der Waals surface area (Å²) in [5.74, 6) is -0.652. The van der Waals surface area contributed by atoms with Crippen LogP contribution in [-0.2, 0) is 7.05 Å². The predicted octanol–water partition coefficient (Wildman–Crippen LogP) is 7.33. The summed E-state index contributed by atoms with van der Waals surface area (Å²) in [5, 5.41) is 1.21. The third-order valence-electron chi connectivity index (χ3n) is 5.22. The van der Waals surface area contributed by atoms with Crippen LogP contribution in [0.15, 0.2) is 54.1 Å². The van der Waals surface area contributed by atoms with Crippen LogP contribution in [0.25, 0.3) is 27.6 Å². The number of carbonyl (C=O) groups is 2. The van der Waals surface area contributed by atoms with Gasteiger partial charge in [-0.15, -0.1) is 11.3 Å². The Bertz CT molecular complexity index is 1370. The molecule has 0 N–H and O–H groups in total. The van der Waals surface area contributed by atoms with Gasteiger partial charge in [-0.2, -0.15) is 0 Å². The summed E-state index contributed by atoms with van der Waals surface area (Å²) in [6.45, 7) is 0. The van der Waals surface area contributed by atoms with Crippen molar-refractivity contribution in [2.45, 2.75) is 0 Å². The molecule has 5 rings (SSSR count). The number of benzene rings is 2. The van der Waals surface area contributed by atoms with Crippen LogP contribution in [-0.4, -0.2) is 16.1 Å². The van der Waals surface area contributed by atoms with Crippen molar-refractivity contribution in [2.75, 3.05) is 0 Å². The van der Waals surface area contributed by atoms with Gasteiger partial charge in [-0.1, -0.05) is 46.9 Å². The molecule has 0 saturated carbocycles. The maximum atomic E-state index is 12.8. The average Bonchev–Trinajstić information content (AvgIpc) is 3.32. The van der Waals surface area contributed by atoms with E-state index in [1.165, 1.54) is 23.5 Å². The summed E-state index contributed by atoms with van der Waals surface area (Å²) in [7, 11) is 1.99. The van der Waals surface area contributed by atoms with Gasteiger partial charge in [-0.3, -0.25) is 9.59 Å². The van der Waals surface area contributed by atoms with E-state index >= 15 is 0 Å². The van der Waals surface area contributed by atoms with Crippen molar-refractivity contribution in [1.82, 2.24) is 4.57 Å². The van der Waals surface area contributed by atoms with Gasteiger partial charge in [0.1, 0.15) is 0 Å². The molecular formula is C23H12Cl3NO2S. The largest absolute Gasteiger partial charge is 0.343 e. The van der Waals surface area contributed by atoms with E-state index in [0.29, 0.717) is 16.1 Å². The molecule has 2 heterocycles. The molecule has 3 nitrogen and oxygen atoms in total. The second-order valence-corrected chi connectivity index (χ2v) is 9.39. The molecule has 2 aromatic carbocycles. The van der Waals surface area contributed by atoms with E-state index in [0.717, 1.165) is 26.4 Å². The van der Waals surface area contributed by atoms with Gasteiger partial charge in [0.15, 0.2) is 11.6 Å². The van der Waals surface area contributed by atoms with Crippen molar-refractivity contribution in [3.63, 3.8) is 0 Å². The number of hydrogen-bond donors (Lipinski definition) is 0. The van der Waals surface area contributed by atoms with Crippen molar-refractivity contribution in [1.29, 1.82) is 0 Å². The first kappa shape index (κ1) is 19.6. The van der Waals surface area contributed by atoms with Gasteiger partial charge < -0.3 is 4.57 Å². The maximum Gasteiger partial charge on any atom is 0.197 e. The zero-order valence-electron chi connectivity index (χ0n) is 15.5. The van der Waals surface area contributed by atoms with Gasteiger partial charge in [0.2, 0.25) is 0 Å². The van der Waals surface area contributed by atoms with Crippen molar-refractivity contribution in [2.24, 2.45) is 7.05 Å². The number of nitrogens with zero attached hydrogens (tertiary/aromatic N) is 1. The molecule has 0 saturated heterocycles. The average molecular weight is 473 g/mol. The minimum absolute atomic E-state index is 0.132. The molecule has 148 valence electrons. The van der Waals surface area contributed by atoms with E-state index in [4.69, 9.17) is 34.8 Å². The highest BCUT2D eigenvalue weighted by atomic mass is 35.5. The number of Topliss-reactive ketones (excluding diaryl/α,β-unsaturated/α-hetero) is 2. The Kier molecular flexibility index (Phi) is 4.64. The molecule has 0 fully saturated rings. The van der Waals surface area contributed by atoms with Crippen LogP contribution in [0.4, 0.5) is 0 Å². The quantitative estimate of drug-likeness (QED) is 0.226. The lowest BCUT2D eigenvalue weighted by Gasteiger charge is -2.04. The Labute approximate surface area is 191 Å². The van der Waals surface area contributed by atoms with Gasteiger partial charge in [-0.25, -0.2) is 0 Å². The van der Waals surface area contributed by atoms with Gasteiger partial charge in [0.25, 0.3) is 0 Å². The Morgan fingerprint density at radius 2 is 1.47 bits per heavy atom. The molecule has 30 heavy (non-hydrogen) atoms. The number of carbonyl (C=O) groups excluding carboxylic acids is 2. The molecule has 0 spiro atoms. The SMILES string of the molecule is Cn1c(-c2ccc(Cl)cc2)cc2sc(C=C3C(=O)c4cc(Cl)c(Cl)cc4C3=O)cc21. The number of hydrogen-bond acceptors (Lipinski definition) is 3. The Hall–Kier alpha value is -2.37. The van der Waals surface area contributed by atoms with Crippen LogP contribution in [0, 0.1) is 0 Å². The smallest absolute Gasteiger partial charge is 0.197 e. The van der Waals surface area contributed by atoms with Crippen LogP contribution < -0.4 is 0 Å². The molecule has 1 aliphatic rings. The van der Waals surface area contributed by atoms with Crippen LogP contribution >= 0.6 is 46.1 Å². The zero-order chi connectivity index (χ0) is 21.2. The van der Waals surface area contributed by atoms with Crippen LogP contribution in [0.3, 0.4) is 0 Å². The topological polar surface area (TPSA) is 39.1 Å². The number of thiophene rings is 1. The Morgan fingerprint density at radius 3 is 2.03 bits per heavy atom. The number of aromatic nitrogens is 1. The maximum absolute atomic E-state index is 12.8. The summed E-state index contributed by atoms with van der Waals surface area (Å²) in [6, 6.07) is 14.7. The fraction of sp³-hybridized carbons (Fsp3) is 0.0435. The minimum Gasteiger partial charge on any atom is -0.343 e. The number of ketones is 2. The predicted molar refractivity (Wildman–Crippen MR) is 124 cm³/mol. The lowest BCUT2D eigenvalue weighted by Crippen LogP contribution is -1.99. The van der Waals surface area contributed by atoms with E-state index in [9.17, 15) is 9.59 Å². The Morgan fingerprint density at radius 1 is 0.867 bits per heavy atom. The number of fused-ring (bicyclic) bond motifs is 2. The summed E-state index contributed by atoms with van der Waals surface area (Å²) in [4.78, 5) is 26.4. The monoisotopic (exact) mass is 471 g/mol. The van der Waals surface area contributed by atoms with Crippen LogP contribution in [0.2, 0.25) is 15.1 Å². The van der Waals surface area contributed by atoms with E-state index < -0.39 is 0 Å². The summed E-state index contributed by atoms with van der Waals surface area (Å²) >= 11 is 19.6. The molecular weight excluding hydrogens is 461 g/mol. The molecule has 0 radical (unpaired) electrons. The Balaban J connectivity index is 1.55. The van der Waals surface area contributed by atoms with E-state index in [1.54, 1.807) is 6.08 Å². The second-order valence-electron chi connectivity index (χ2n) is 7.02. The van der Waals surface area contributed by atoms with Gasteiger partial charge in [-0.05, 0) is 48.0 Å². The molecule has 2 aromatic heterocycles. The van der Waals surface area contributed by atoms with E-state index in [2.05, 4.69) is 10.6 Å². The van der Waals surface area contributed by atoms with Crippen molar-refractivity contribution in [3.05, 3.63) is 85.2 Å². The first-order chi connectivity index (χ1) is 14.3. The third-order valence-corrected chi connectivity index (χ3v) is 7.21. The fourth-order valence-electron chi connectivity index (χ4n) is 3.69. The summed E-state index contributed by atoms with van der Waals surface area (Å²) in [6.07, 6.45) is 1.65.